The summed E-state index contributed by atoms with van der Waals surface area (Å²) in [5, 5.41) is 0. The normalized spacial score (nSPS) is 11.4. The van der Waals surface area contributed by atoms with Gasteiger partial charge in [-0.15, -0.1) is 0 Å². The van der Waals surface area contributed by atoms with Crippen LogP contribution in [0.25, 0.3) is 0 Å². The highest BCUT2D eigenvalue weighted by Crippen LogP contribution is 2.25. The number of hydrogen-bond acceptors (Lipinski definition) is 4. The highest BCUT2D eigenvalue weighted by Gasteiger charge is 2.23. The van der Waals surface area contributed by atoms with Crippen molar-refractivity contribution in [2.45, 2.75) is 47.0 Å². The lowest BCUT2D eigenvalue weighted by Gasteiger charge is -2.21. The maximum Gasteiger partial charge on any atom is 0.339 e. The molecule has 0 saturated heterocycles. The molecule has 1 rings (SSSR count). The van der Waals surface area contributed by atoms with Crippen LogP contribution >= 0.6 is 0 Å². The van der Waals surface area contributed by atoms with E-state index in [0.717, 1.165) is 5.56 Å². The summed E-state index contributed by atoms with van der Waals surface area (Å²) < 4.78 is 10.3. The Labute approximate surface area is 132 Å². The zero-order valence-electron chi connectivity index (χ0n) is 14.4. The predicted molar refractivity (Wildman–Crippen MR) is 86.2 cm³/mol. The predicted octanol–water partition coefficient (Wildman–Crippen LogP) is 3.97. The van der Waals surface area contributed by atoms with E-state index < -0.39 is 11.9 Å². The monoisotopic (exact) mass is 306 g/mol. The highest BCUT2D eigenvalue weighted by atomic mass is 16.5. The zero-order chi connectivity index (χ0) is 16.9. The van der Waals surface area contributed by atoms with Crippen LogP contribution in [0.2, 0.25) is 0 Å². The van der Waals surface area contributed by atoms with E-state index in [1.54, 1.807) is 19.1 Å². The Morgan fingerprint density at radius 1 is 1.05 bits per heavy atom. The molecule has 4 nitrogen and oxygen atoms in total. The van der Waals surface area contributed by atoms with E-state index in [1.807, 2.05) is 19.9 Å². The number of rotatable bonds is 5. The van der Waals surface area contributed by atoms with Crippen molar-refractivity contribution in [3.63, 3.8) is 0 Å². The zero-order valence-corrected chi connectivity index (χ0v) is 14.4. The summed E-state index contributed by atoms with van der Waals surface area (Å²) in [5.41, 5.74) is 1.37. The molecule has 0 fully saturated rings. The van der Waals surface area contributed by atoms with Gasteiger partial charge in [-0.1, -0.05) is 40.7 Å². The Morgan fingerprint density at radius 3 is 2.14 bits per heavy atom. The van der Waals surface area contributed by atoms with Gasteiger partial charge < -0.3 is 9.47 Å². The molecule has 0 saturated carbocycles. The average Bonchev–Trinajstić information content (AvgIpc) is 2.43. The minimum absolute atomic E-state index is 0.125. The van der Waals surface area contributed by atoms with E-state index >= 15 is 0 Å². The van der Waals surface area contributed by atoms with Crippen molar-refractivity contribution >= 4 is 11.9 Å². The van der Waals surface area contributed by atoms with Crippen LogP contribution in [0.1, 0.15) is 67.8 Å². The summed E-state index contributed by atoms with van der Waals surface area (Å²) in [6, 6.07) is 5.23. The second-order valence-electron chi connectivity index (χ2n) is 6.72. The van der Waals surface area contributed by atoms with E-state index in [2.05, 4.69) is 20.8 Å². The number of ether oxygens (including phenoxy) is 2. The Morgan fingerprint density at radius 2 is 1.64 bits per heavy atom. The Kier molecular flexibility index (Phi) is 6.15. The molecule has 0 aliphatic heterocycles. The third-order valence-electron chi connectivity index (χ3n) is 3.15. The van der Waals surface area contributed by atoms with Gasteiger partial charge in [0.15, 0.2) is 0 Å². The van der Waals surface area contributed by atoms with Crippen molar-refractivity contribution in [2.24, 2.45) is 5.92 Å². The first kappa shape index (κ1) is 18.2. The van der Waals surface area contributed by atoms with Gasteiger partial charge in [-0.3, -0.25) is 0 Å². The molecule has 0 aliphatic rings. The SMILES string of the molecule is CCOC(=O)c1ccc(C(C)(C)C)cc1C(=O)OCC(C)C. The Balaban J connectivity index is 3.22. The van der Waals surface area contributed by atoms with E-state index in [0.29, 0.717) is 6.61 Å². The van der Waals surface area contributed by atoms with Crippen LogP contribution in [-0.2, 0) is 14.9 Å². The minimum Gasteiger partial charge on any atom is -0.462 e. The Hall–Kier alpha value is -1.84. The molecule has 1 aromatic carbocycles. The Bertz CT molecular complexity index is 539. The van der Waals surface area contributed by atoms with Crippen LogP contribution in [0.4, 0.5) is 0 Å². The van der Waals surface area contributed by atoms with Gasteiger partial charge in [-0.05, 0) is 36.0 Å². The van der Waals surface area contributed by atoms with E-state index in [9.17, 15) is 9.59 Å². The van der Waals surface area contributed by atoms with Crippen LogP contribution in [0, 0.1) is 5.92 Å². The van der Waals surface area contributed by atoms with Crippen LogP contribution in [0.3, 0.4) is 0 Å². The summed E-state index contributed by atoms with van der Waals surface area (Å²) in [7, 11) is 0. The summed E-state index contributed by atoms with van der Waals surface area (Å²) in [5.74, 6) is -0.747. The molecule has 0 amide bonds. The average molecular weight is 306 g/mol. The van der Waals surface area contributed by atoms with E-state index in [4.69, 9.17) is 9.47 Å². The summed E-state index contributed by atoms with van der Waals surface area (Å²) in [4.78, 5) is 24.4. The lowest BCUT2D eigenvalue weighted by molar-refractivity contribution is 0.0434. The maximum absolute atomic E-state index is 12.3. The molecule has 0 atom stereocenters. The second kappa shape index (κ2) is 7.43. The highest BCUT2D eigenvalue weighted by molar-refractivity contribution is 6.03. The smallest absolute Gasteiger partial charge is 0.339 e. The van der Waals surface area contributed by atoms with Crippen LogP contribution < -0.4 is 0 Å². The van der Waals surface area contributed by atoms with Crippen molar-refractivity contribution in [1.29, 1.82) is 0 Å². The van der Waals surface area contributed by atoms with Crippen LogP contribution in [0.5, 0.6) is 0 Å². The van der Waals surface area contributed by atoms with Gasteiger partial charge in [-0.2, -0.15) is 0 Å². The molecule has 4 heteroatoms. The first-order chi connectivity index (χ1) is 10.2. The van der Waals surface area contributed by atoms with Crippen LogP contribution in [0.15, 0.2) is 18.2 Å². The van der Waals surface area contributed by atoms with Crippen molar-refractivity contribution in [3.8, 4) is 0 Å². The number of benzene rings is 1. The number of carbonyl (C=O) groups is 2. The fourth-order valence-electron chi connectivity index (χ4n) is 1.89. The molecule has 0 radical (unpaired) electrons. The molecule has 22 heavy (non-hydrogen) atoms. The third-order valence-corrected chi connectivity index (χ3v) is 3.15. The summed E-state index contributed by atoms with van der Waals surface area (Å²) >= 11 is 0. The number of esters is 2. The molecule has 0 bridgehead atoms. The van der Waals surface area contributed by atoms with Gasteiger partial charge in [0, 0.05) is 0 Å². The first-order valence-electron chi connectivity index (χ1n) is 7.65. The largest absolute Gasteiger partial charge is 0.462 e. The van der Waals surface area contributed by atoms with E-state index in [1.165, 1.54) is 0 Å². The molecule has 0 spiro atoms. The van der Waals surface area contributed by atoms with Gasteiger partial charge in [0.1, 0.15) is 0 Å². The molecule has 0 aromatic heterocycles. The second-order valence-corrected chi connectivity index (χ2v) is 6.72. The number of carbonyl (C=O) groups excluding carboxylic acids is 2. The van der Waals surface area contributed by atoms with E-state index in [-0.39, 0.29) is 29.1 Å². The van der Waals surface area contributed by atoms with Crippen LogP contribution in [-0.4, -0.2) is 25.2 Å². The fourth-order valence-corrected chi connectivity index (χ4v) is 1.89. The van der Waals surface area contributed by atoms with Crippen molar-refractivity contribution < 1.29 is 19.1 Å². The lowest BCUT2D eigenvalue weighted by Crippen LogP contribution is -2.19. The molecule has 122 valence electrons. The molecular weight excluding hydrogens is 280 g/mol. The minimum atomic E-state index is -0.501. The molecule has 1 aromatic rings. The molecule has 0 N–H and O–H groups in total. The van der Waals surface area contributed by atoms with Gasteiger partial charge in [0.05, 0.1) is 24.3 Å². The van der Waals surface area contributed by atoms with Gasteiger partial charge in [0.25, 0.3) is 0 Å². The number of hydrogen-bond donors (Lipinski definition) is 0. The quantitative estimate of drug-likeness (QED) is 0.772. The van der Waals surface area contributed by atoms with Gasteiger partial charge in [-0.25, -0.2) is 9.59 Å². The van der Waals surface area contributed by atoms with Crippen molar-refractivity contribution in [2.75, 3.05) is 13.2 Å². The van der Waals surface area contributed by atoms with Crippen molar-refractivity contribution in [1.82, 2.24) is 0 Å². The first-order valence-corrected chi connectivity index (χ1v) is 7.65. The van der Waals surface area contributed by atoms with Gasteiger partial charge in [0.2, 0.25) is 0 Å². The van der Waals surface area contributed by atoms with Gasteiger partial charge >= 0.3 is 11.9 Å². The molecular formula is C18H26O4. The third kappa shape index (κ3) is 4.86. The molecule has 0 aliphatic carbocycles. The lowest BCUT2D eigenvalue weighted by atomic mass is 9.85. The van der Waals surface area contributed by atoms with Crippen molar-refractivity contribution in [3.05, 3.63) is 34.9 Å². The summed E-state index contributed by atoms with van der Waals surface area (Å²) in [6.07, 6.45) is 0. The topological polar surface area (TPSA) is 52.6 Å². The maximum atomic E-state index is 12.3. The molecule has 0 unspecified atom stereocenters. The standard InChI is InChI=1S/C18H26O4/c1-7-21-16(19)14-9-8-13(18(4,5)6)10-15(14)17(20)22-11-12(2)3/h8-10,12H,7,11H2,1-6H3. The molecule has 0 heterocycles. The summed E-state index contributed by atoms with van der Waals surface area (Å²) in [6.45, 7) is 12.4. The fraction of sp³-hybridized carbons (Fsp3) is 0.556.